The number of nitrogens with zero attached hydrogens (tertiary/aromatic N) is 1. The maximum absolute atomic E-state index is 12.7. The number of carboxylic acid groups (broad SMARTS) is 1. The maximum Gasteiger partial charge on any atom is 0.416 e. The van der Waals surface area contributed by atoms with Crippen LogP contribution in [0, 0.1) is 5.92 Å². The third-order valence-electron chi connectivity index (χ3n) is 6.24. The fourth-order valence-corrected chi connectivity index (χ4v) is 4.26. The lowest BCUT2D eigenvalue weighted by Crippen LogP contribution is -2.16. The number of hydrogen-bond donors (Lipinski definition) is 1. The predicted molar refractivity (Wildman–Crippen MR) is 127 cm³/mol. The van der Waals surface area contributed by atoms with Gasteiger partial charge in [0.15, 0.2) is 5.58 Å². The molecule has 0 radical (unpaired) electrons. The molecular weight excluding hydrogens is 455 g/mol. The fourth-order valence-electron chi connectivity index (χ4n) is 4.26. The standard InChI is InChI=1S/C28H26F3NO3/c29-28(30,31)23-13-9-20(10-14-23)12-16-25-24-15-11-21(18-26(24)35-32-25)17-22(27(33)34)8-4-7-19-5-2-1-3-6-19/h1-3,5-6,9-11,13-15,18,22H,4,7-8,12,16-17H2,(H,33,34). The van der Waals surface area contributed by atoms with Crippen LogP contribution in [0.15, 0.2) is 77.3 Å². The maximum atomic E-state index is 12.7. The molecule has 1 N–H and O–H groups in total. The minimum absolute atomic E-state index is 0.404. The van der Waals surface area contributed by atoms with E-state index in [0.717, 1.165) is 47.2 Å². The lowest BCUT2D eigenvalue weighted by atomic mass is 9.92. The number of aliphatic carboxylic acids is 1. The van der Waals surface area contributed by atoms with E-state index < -0.39 is 23.6 Å². The van der Waals surface area contributed by atoms with E-state index in [1.165, 1.54) is 17.7 Å². The summed E-state index contributed by atoms with van der Waals surface area (Å²) >= 11 is 0. The normalized spacial score (nSPS) is 12.7. The topological polar surface area (TPSA) is 63.3 Å². The number of aromatic nitrogens is 1. The van der Waals surface area contributed by atoms with Crippen LogP contribution in [0.4, 0.5) is 13.2 Å². The highest BCUT2D eigenvalue weighted by atomic mass is 19.4. The molecular formula is C28H26F3NO3. The molecule has 4 aromatic rings. The van der Waals surface area contributed by atoms with Gasteiger partial charge in [-0.15, -0.1) is 0 Å². The van der Waals surface area contributed by atoms with Gasteiger partial charge in [-0.1, -0.05) is 53.7 Å². The summed E-state index contributed by atoms with van der Waals surface area (Å²) in [7, 11) is 0. The van der Waals surface area contributed by atoms with E-state index in [4.69, 9.17) is 4.52 Å². The Labute approximate surface area is 201 Å². The number of carboxylic acids is 1. The Morgan fingerprint density at radius 3 is 2.26 bits per heavy atom. The van der Waals surface area contributed by atoms with E-state index in [1.54, 1.807) is 0 Å². The summed E-state index contributed by atoms with van der Waals surface area (Å²) < 4.78 is 43.7. The molecule has 0 bridgehead atoms. The van der Waals surface area contributed by atoms with Crippen LogP contribution < -0.4 is 0 Å². The van der Waals surface area contributed by atoms with Crippen molar-refractivity contribution in [2.45, 2.75) is 44.7 Å². The van der Waals surface area contributed by atoms with Gasteiger partial charge in [0.05, 0.1) is 17.2 Å². The van der Waals surface area contributed by atoms with E-state index in [0.29, 0.717) is 31.3 Å². The van der Waals surface area contributed by atoms with Crippen LogP contribution in [0.1, 0.15) is 40.8 Å². The second kappa shape index (κ2) is 10.8. The minimum Gasteiger partial charge on any atom is -0.481 e. The molecule has 182 valence electrons. The first-order valence-electron chi connectivity index (χ1n) is 11.6. The number of carbonyl (C=O) groups is 1. The molecule has 1 atom stereocenters. The van der Waals surface area contributed by atoms with Crippen molar-refractivity contribution in [3.05, 3.63) is 101 Å². The second-order valence-electron chi connectivity index (χ2n) is 8.77. The van der Waals surface area contributed by atoms with Gasteiger partial charge in [0.2, 0.25) is 0 Å². The zero-order chi connectivity index (χ0) is 24.8. The average Bonchev–Trinajstić information content (AvgIpc) is 3.24. The average molecular weight is 482 g/mol. The fraction of sp³-hybridized carbons (Fsp3) is 0.286. The summed E-state index contributed by atoms with van der Waals surface area (Å²) in [6.07, 6.45) is -0.675. The lowest BCUT2D eigenvalue weighted by Gasteiger charge is -2.12. The van der Waals surface area contributed by atoms with Crippen LogP contribution in [-0.2, 0) is 36.7 Å². The van der Waals surface area contributed by atoms with Crippen LogP contribution in [-0.4, -0.2) is 16.2 Å². The van der Waals surface area contributed by atoms with Crippen molar-refractivity contribution in [1.29, 1.82) is 0 Å². The molecule has 3 aromatic carbocycles. The number of hydrogen-bond acceptors (Lipinski definition) is 3. The summed E-state index contributed by atoms with van der Waals surface area (Å²) in [6, 6.07) is 20.7. The first-order valence-corrected chi connectivity index (χ1v) is 11.6. The highest BCUT2D eigenvalue weighted by Gasteiger charge is 2.29. The Morgan fingerprint density at radius 1 is 0.886 bits per heavy atom. The number of halogens is 3. The third-order valence-corrected chi connectivity index (χ3v) is 6.24. The van der Waals surface area contributed by atoms with Gasteiger partial charge in [0.1, 0.15) is 0 Å². The minimum atomic E-state index is -4.35. The summed E-state index contributed by atoms with van der Waals surface area (Å²) in [6.45, 7) is 0. The quantitative estimate of drug-likeness (QED) is 0.268. The van der Waals surface area contributed by atoms with E-state index in [-0.39, 0.29) is 0 Å². The van der Waals surface area contributed by atoms with Crippen molar-refractivity contribution in [1.82, 2.24) is 5.16 Å². The Morgan fingerprint density at radius 2 is 1.57 bits per heavy atom. The number of aryl methyl sites for hydroxylation is 3. The molecule has 0 aliphatic heterocycles. The molecule has 0 aliphatic carbocycles. The number of alkyl halides is 3. The summed E-state index contributed by atoms with van der Waals surface area (Å²) in [5.41, 5.74) is 3.49. The van der Waals surface area contributed by atoms with Crippen LogP contribution in [0.5, 0.6) is 0 Å². The number of benzene rings is 3. The molecule has 1 heterocycles. The van der Waals surface area contributed by atoms with Gasteiger partial charge in [0.25, 0.3) is 0 Å². The Hall–Kier alpha value is -3.61. The molecule has 4 nitrogen and oxygen atoms in total. The highest BCUT2D eigenvalue weighted by molar-refractivity contribution is 5.80. The monoisotopic (exact) mass is 481 g/mol. The van der Waals surface area contributed by atoms with Crippen molar-refractivity contribution in [3.63, 3.8) is 0 Å². The highest BCUT2D eigenvalue weighted by Crippen LogP contribution is 2.29. The zero-order valence-electron chi connectivity index (χ0n) is 19.1. The van der Waals surface area contributed by atoms with Crippen LogP contribution in [0.2, 0.25) is 0 Å². The molecule has 1 unspecified atom stereocenters. The van der Waals surface area contributed by atoms with Crippen molar-refractivity contribution in [3.8, 4) is 0 Å². The second-order valence-corrected chi connectivity index (χ2v) is 8.77. The molecule has 4 rings (SSSR count). The summed E-state index contributed by atoms with van der Waals surface area (Å²) in [4.78, 5) is 11.8. The predicted octanol–water partition coefficient (Wildman–Crippen LogP) is 6.90. The molecule has 7 heteroatoms. The summed E-state index contributed by atoms with van der Waals surface area (Å²) in [5.74, 6) is -1.30. The molecule has 1 aromatic heterocycles. The van der Waals surface area contributed by atoms with E-state index in [2.05, 4.69) is 5.16 Å². The first-order chi connectivity index (χ1) is 16.8. The van der Waals surface area contributed by atoms with E-state index in [1.807, 2.05) is 48.5 Å². The first kappa shape index (κ1) is 24.5. The van der Waals surface area contributed by atoms with Gasteiger partial charge in [-0.25, -0.2) is 0 Å². The van der Waals surface area contributed by atoms with E-state index in [9.17, 15) is 23.1 Å². The van der Waals surface area contributed by atoms with Crippen LogP contribution in [0.3, 0.4) is 0 Å². The SMILES string of the molecule is O=C(O)C(CCCc1ccccc1)Cc1ccc2c(CCc3ccc(C(F)(F)F)cc3)noc2c1. The zero-order valence-corrected chi connectivity index (χ0v) is 19.1. The molecule has 0 aliphatic rings. The molecule has 0 fully saturated rings. The number of fused-ring (bicyclic) bond motifs is 1. The summed E-state index contributed by atoms with van der Waals surface area (Å²) in [5, 5.41) is 14.7. The molecule has 35 heavy (non-hydrogen) atoms. The molecule has 0 saturated heterocycles. The lowest BCUT2D eigenvalue weighted by molar-refractivity contribution is -0.142. The van der Waals surface area contributed by atoms with Crippen molar-refractivity contribution >= 4 is 16.9 Å². The largest absolute Gasteiger partial charge is 0.481 e. The molecule has 0 saturated carbocycles. The van der Waals surface area contributed by atoms with Gasteiger partial charge in [-0.2, -0.15) is 13.2 Å². The Kier molecular flexibility index (Phi) is 7.54. The Bertz CT molecular complexity index is 1260. The van der Waals surface area contributed by atoms with Crippen molar-refractivity contribution < 1.29 is 27.6 Å². The van der Waals surface area contributed by atoms with Gasteiger partial charge < -0.3 is 9.63 Å². The Balaban J connectivity index is 1.36. The van der Waals surface area contributed by atoms with E-state index >= 15 is 0 Å². The molecule has 0 amide bonds. The van der Waals surface area contributed by atoms with Gasteiger partial charge in [0, 0.05) is 5.39 Å². The van der Waals surface area contributed by atoms with Crippen molar-refractivity contribution in [2.24, 2.45) is 5.92 Å². The van der Waals surface area contributed by atoms with Gasteiger partial charge in [-0.05, 0) is 79.5 Å². The van der Waals surface area contributed by atoms with Crippen LogP contribution in [0.25, 0.3) is 11.0 Å². The van der Waals surface area contributed by atoms with Gasteiger partial charge in [-0.3, -0.25) is 4.79 Å². The number of rotatable bonds is 10. The smallest absolute Gasteiger partial charge is 0.416 e. The van der Waals surface area contributed by atoms with Crippen molar-refractivity contribution in [2.75, 3.05) is 0 Å². The van der Waals surface area contributed by atoms with Gasteiger partial charge >= 0.3 is 12.1 Å². The molecule has 0 spiro atoms. The third kappa shape index (κ3) is 6.50. The van der Waals surface area contributed by atoms with Crippen LogP contribution >= 0.6 is 0 Å².